The summed E-state index contributed by atoms with van der Waals surface area (Å²) in [7, 11) is 0. The second kappa shape index (κ2) is 12.2. The lowest BCUT2D eigenvalue weighted by atomic mass is 9.99. The van der Waals surface area contributed by atoms with Crippen molar-refractivity contribution in [2.75, 3.05) is 31.5 Å². The first-order chi connectivity index (χ1) is 17.4. The first-order valence-electron chi connectivity index (χ1n) is 13.0. The highest BCUT2D eigenvalue weighted by Gasteiger charge is 2.24. The van der Waals surface area contributed by atoms with Crippen LogP contribution in [0.5, 0.6) is 0 Å². The molecular formula is C30H38FN5. The molecule has 1 atom stereocenters. The normalized spacial score (nSPS) is 16.3. The first kappa shape index (κ1) is 26.0. The second-order valence-corrected chi connectivity index (χ2v) is 9.93. The highest BCUT2D eigenvalue weighted by Crippen LogP contribution is 2.23. The Hall–Kier alpha value is -3.09. The number of benzene rings is 2. The summed E-state index contributed by atoms with van der Waals surface area (Å²) in [5, 5.41) is 6.83. The Morgan fingerprint density at radius 1 is 1.19 bits per heavy atom. The SMILES string of the molecule is C=C(CC)c1cc(F)cc(CCNc2nccc(-c3cccc(CN4CCNCC4C(C)C)c3)n2)c1. The molecule has 5 nitrogen and oxygen atoms in total. The predicted molar refractivity (Wildman–Crippen MR) is 147 cm³/mol. The average molecular weight is 488 g/mol. The van der Waals surface area contributed by atoms with Crippen molar-refractivity contribution in [2.24, 2.45) is 5.92 Å². The summed E-state index contributed by atoms with van der Waals surface area (Å²) in [6.45, 7) is 15.4. The number of rotatable bonds is 10. The van der Waals surface area contributed by atoms with E-state index in [9.17, 15) is 4.39 Å². The Balaban J connectivity index is 1.41. The Kier molecular flexibility index (Phi) is 8.83. The third-order valence-corrected chi connectivity index (χ3v) is 6.92. The van der Waals surface area contributed by atoms with Gasteiger partial charge >= 0.3 is 0 Å². The van der Waals surface area contributed by atoms with E-state index < -0.39 is 0 Å². The molecule has 1 aliphatic heterocycles. The maximum absolute atomic E-state index is 14.1. The summed E-state index contributed by atoms with van der Waals surface area (Å²) in [6.07, 6.45) is 3.26. The zero-order valence-electron chi connectivity index (χ0n) is 21.7. The summed E-state index contributed by atoms with van der Waals surface area (Å²) >= 11 is 0. The van der Waals surface area contributed by atoms with Crippen LogP contribution in [0.15, 0.2) is 61.3 Å². The molecule has 6 heteroatoms. The van der Waals surface area contributed by atoms with Crippen molar-refractivity contribution in [3.05, 3.63) is 83.8 Å². The van der Waals surface area contributed by atoms with E-state index in [0.717, 1.165) is 60.6 Å². The van der Waals surface area contributed by atoms with Gasteiger partial charge in [-0.2, -0.15) is 0 Å². The minimum atomic E-state index is -0.226. The molecule has 0 amide bonds. The summed E-state index contributed by atoms with van der Waals surface area (Å²) in [5.74, 6) is 0.964. The van der Waals surface area contributed by atoms with E-state index in [1.807, 2.05) is 19.1 Å². The second-order valence-electron chi connectivity index (χ2n) is 9.93. The minimum absolute atomic E-state index is 0.226. The molecule has 3 aromatic rings. The van der Waals surface area contributed by atoms with E-state index >= 15 is 0 Å². The van der Waals surface area contributed by atoms with E-state index in [1.165, 1.54) is 5.56 Å². The van der Waals surface area contributed by atoms with Crippen LogP contribution >= 0.6 is 0 Å². The lowest BCUT2D eigenvalue weighted by molar-refractivity contribution is 0.117. The molecule has 190 valence electrons. The maximum Gasteiger partial charge on any atom is 0.223 e. The number of nitrogens with zero attached hydrogens (tertiary/aromatic N) is 3. The lowest BCUT2D eigenvalue weighted by Crippen LogP contribution is -2.52. The molecule has 1 aromatic heterocycles. The van der Waals surface area contributed by atoms with Crippen molar-refractivity contribution in [3.63, 3.8) is 0 Å². The molecule has 0 spiro atoms. The standard InChI is InChI=1S/C30H38FN5/c1-5-22(4)26-15-23(17-27(31)18-26)9-11-33-30-34-12-10-28(35-30)25-8-6-7-24(16-25)20-36-14-13-32-19-29(36)21(2)3/h6-8,10,12,15-18,21,29,32H,4-5,9,11,13-14,19-20H2,1-3H3,(H,33,34,35). The third kappa shape index (κ3) is 6.77. The van der Waals surface area contributed by atoms with Gasteiger partial charge in [0, 0.05) is 50.5 Å². The van der Waals surface area contributed by atoms with Crippen LogP contribution in [-0.2, 0) is 13.0 Å². The predicted octanol–water partition coefficient (Wildman–Crippen LogP) is 5.79. The monoisotopic (exact) mass is 487 g/mol. The number of allylic oxidation sites excluding steroid dienone is 1. The maximum atomic E-state index is 14.1. The van der Waals surface area contributed by atoms with Gasteiger partial charge in [0.05, 0.1) is 5.69 Å². The number of hydrogen-bond acceptors (Lipinski definition) is 5. The first-order valence-corrected chi connectivity index (χ1v) is 13.0. The molecule has 2 heterocycles. The summed E-state index contributed by atoms with van der Waals surface area (Å²) in [5.41, 5.74) is 6.02. The number of nitrogens with one attached hydrogen (secondary N) is 2. The fourth-order valence-electron chi connectivity index (χ4n) is 4.81. The van der Waals surface area contributed by atoms with Gasteiger partial charge in [-0.05, 0) is 65.3 Å². The molecule has 1 saturated heterocycles. The van der Waals surface area contributed by atoms with Crippen LogP contribution < -0.4 is 10.6 Å². The number of aromatic nitrogens is 2. The van der Waals surface area contributed by atoms with E-state index in [2.05, 4.69) is 65.2 Å². The number of piperazine rings is 1. The Morgan fingerprint density at radius 3 is 2.86 bits per heavy atom. The van der Waals surface area contributed by atoms with Crippen LogP contribution in [0.25, 0.3) is 16.8 Å². The Bertz CT molecular complexity index is 1180. The van der Waals surface area contributed by atoms with Crippen molar-refractivity contribution in [2.45, 2.75) is 46.2 Å². The molecule has 1 unspecified atom stereocenters. The van der Waals surface area contributed by atoms with Gasteiger partial charge in [-0.3, -0.25) is 4.90 Å². The zero-order chi connectivity index (χ0) is 25.5. The molecule has 0 aliphatic carbocycles. The molecule has 0 saturated carbocycles. The van der Waals surface area contributed by atoms with Gasteiger partial charge in [0.15, 0.2) is 0 Å². The molecule has 4 rings (SSSR count). The highest BCUT2D eigenvalue weighted by atomic mass is 19.1. The van der Waals surface area contributed by atoms with Gasteiger partial charge in [0.1, 0.15) is 5.82 Å². The fourth-order valence-corrected chi connectivity index (χ4v) is 4.81. The number of anilines is 1. The summed E-state index contributed by atoms with van der Waals surface area (Å²) in [4.78, 5) is 11.7. The topological polar surface area (TPSA) is 53.1 Å². The Labute approximate surface area is 214 Å². The summed E-state index contributed by atoms with van der Waals surface area (Å²) in [6, 6.07) is 16.3. The van der Waals surface area contributed by atoms with E-state index in [1.54, 1.807) is 18.3 Å². The molecule has 36 heavy (non-hydrogen) atoms. The molecular weight excluding hydrogens is 449 g/mol. The average Bonchev–Trinajstić information content (AvgIpc) is 2.88. The lowest BCUT2D eigenvalue weighted by Gasteiger charge is -2.38. The highest BCUT2D eigenvalue weighted by molar-refractivity contribution is 5.64. The van der Waals surface area contributed by atoms with Crippen molar-refractivity contribution in [1.82, 2.24) is 20.2 Å². The largest absolute Gasteiger partial charge is 0.354 e. The van der Waals surface area contributed by atoms with Crippen LogP contribution in [0.4, 0.5) is 10.3 Å². The van der Waals surface area contributed by atoms with Gasteiger partial charge in [-0.15, -0.1) is 0 Å². The van der Waals surface area contributed by atoms with Crippen LogP contribution in [0.2, 0.25) is 0 Å². The smallest absolute Gasteiger partial charge is 0.223 e. The number of hydrogen-bond donors (Lipinski definition) is 2. The van der Waals surface area contributed by atoms with Gasteiger partial charge in [0.25, 0.3) is 0 Å². The van der Waals surface area contributed by atoms with Crippen LogP contribution in [-0.4, -0.2) is 47.1 Å². The van der Waals surface area contributed by atoms with E-state index in [-0.39, 0.29) is 5.82 Å². The summed E-state index contributed by atoms with van der Waals surface area (Å²) < 4.78 is 14.1. The third-order valence-electron chi connectivity index (χ3n) is 6.92. The Morgan fingerprint density at radius 2 is 2.06 bits per heavy atom. The molecule has 2 aromatic carbocycles. The van der Waals surface area contributed by atoms with Crippen LogP contribution in [0, 0.1) is 11.7 Å². The van der Waals surface area contributed by atoms with Crippen LogP contribution in [0.3, 0.4) is 0 Å². The van der Waals surface area contributed by atoms with Crippen molar-refractivity contribution in [3.8, 4) is 11.3 Å². The van der Waals surface area contributed by atoms with Gasteiger partial charge in [0.2, 0.25) is 5.95 Å². The molecule has 1 aliphatic rings. The zero-order valence-corrected chi connectivity index (χ0v) is 21.7. The molecule has 0 bridgehead atoms. The van der Waals surface area contributed by atoms with Gasteiger partial charge in [-0.1, -0.05) is 51.6 Å². The molecule has 2 N–H and O–H groups in total. The molecule has 0 radical (unpaired) electrons. The van der Waals surface area contributed by atoms with Crippen LogP contribution in [0.1, 0.15) is 43.9 Å². The van der Waals surface area contributed by atoms with Crippen molar-refractivity contribution < 1.29 is 4.39 Å². The van der Waals surface area contributed by atoms with Gasteiger partial charge < -0.3 is 10.6 Å². The van der Waals surface area contributed by atoms with E-state index in [4.69, 9.17) is 4.98 Å². The molecule has 1 fully saturated rings. The fraction of sp³-hybridized carbons (Fsp3) is 0.400. The quantitative estimate of drug-likeness (QED) is 0.379. The van der Waals surface area contributed by atoms with Crippen molar-refractivity contribution >= 4 is 11.5 Å². The van der Waals surface area contributed by atoms with Gasteiger partial charge in [-0.25, -0.2) is 14.4 Å². The van der Waals surface area contributed by atoms with E-state index in [0.29, 0.717) is 30.9 Å². The number of halogens is 1. The minimum Gasteiger partial charge on any atom is -0.354 e. The van der Waals surface area contributed by atoms with Crippen molar-refractivity contribution in [1.29, 1.82) is 0 Å².